The van der Waals surface area contributed by atoms with Gasteiger partial charge in [0.15, 0.2) is 0 Å². The summed E-state index contributed by atoms with van der Waals surface area (Å²) in [4.78, 5) is 13.5. The Bertz CT molecular complexity index is 406. The lowest BCUT2D eigenvalue weighted by Gasteiger charge is -2.32. The van der Waals surface area contributed by atoms with E-state index in [4.69, 9.17) is 11.6 Å². The van der Waals surface area contributed by atoms with E-state index in [1.54, 1.807) is 12.1 Å². The molecule has 2 rings (SSSR count). The fraction of sp³-hybridized carbons (Fsp3) is 0.462. The second kappa shape index (κ2) is 6.98. The van der Waals surface area contributed by atoms with E-state index in [1.165, 1.54) is 6.42 Å². The lowest BCUT2D eigenvalue weighted by molar-refractivity contribution is -0.144. The molecule has 1 N–H and O–H groups in total. The van der Waals surface area contributed by atoms with Crippen LogP contribution in [0.25, 0.3) is 0 Å². The standard InChI is InChI=1S/C13H16ClNO2.ClH/c14-11-7-3-2-6-10(11)12(13(16)17)15-8-4-1-5-9-15;/h2-3,6-7,12H,1,4-5,8-9H2,(H,16,17);1H. The minimum absolute atomic E-state index is 0. The normalized spacial score (nSPS) is 17.8. The molecule has 5 heteroatoms. The van der Waals surface area contributed by atoms with Crippen molar-refractivity contribution in [2.75, 3.05) is 13.1 Å². The highest BCUT2D eigenvalue weighted by atomic mass is 35.5. The Hall–Kier alpha value is -0.770. The molecule has 3 nitrogen and oxygen atoms in total. The molecule has 0 spiro atoms. The van der Waals surface area contributed by atoms with Crippen LogP contribution in [0.5, 0.6) is 0 Å². The summed E-state index contributed by atoms with van der Waals surface area (Å²) >= 11 is 6.09. The van der Waals surface area contributed by atoms with Crippen molar-refractivity contribution in [2.45, 2.75) is 25.3 Å². The summed E-state index contributed by atoms with van der Waals surface area (Å²) < 4.78 is 0. The van der Waals surface area contributed by atoms with Crippen molar-refractivity contribution < 1.29 is 9.90 Å². The van der Waals surface area contributed by atoms with Gasteiger partial charge in [-0.2, -0.15) is 0 Å². The maximum absolute atomic E-state index is 11.5. The highest BCUT2D eigenvalue weighted by molar-refractivity contribution is 6.31. The van der Waals surface area contributed by atoms with Crippen LogP contribution in [0.15, 0.2) is 24.3 Å². The van der Waals surface area contributed by atoms with E-state index in [0.29, 0.717) is 10.6 Å². The molecule has 1 aliphatic rings. The molecule has 1 aliphatic heterocycles. The fourth-order valence-corrected chi connectivity index (χ4v) is 2.60. The molecule has 1 aromatic rings. The van der Waals surface area contributed by atoms with Crippen molar-refractivity contribution in [3.05, 3.63) is 34.9 Å². The van der Waals surface area contributed by atoms with Crippen molar-refractivity contribution >= 4 is 30.0 Å². The first-order valence-electron chi connectivity index (χ1n) is 5.91. The summed E-state index contributed by atoms with van der Waals surface area (Å²) in [6.07, 6.45) is 3.31. The number of benzene rings is 1. The molecule has 0 saturated carbocycles. The molecule has 1 saturated heterocycles. The zero-order valence-corrected chi connectivity index (χ0v) is 11.6. The number of piperidine rings is 1. The molecule has 0 amide bonds. The highest BCUT2D eigenvalue weighted by Crippen LogP contribution is 2.29. The van der Waals surface area contributed by atoms with Crippen molar-refractivity contribution in [3.8, 4) is 0 Å². The molecular formula is C13H17Cl2NO2. The Balaban J connectivity index is 0.00000162. The molecule has 0 radical (unpaired) electrons. The largest absolute Gasteiger partial charge is 0.480 e. The Morgan fingerprint density at radius 1 is 1.22 bits per heavy atom. The highest BCUT2D eigenvalue weighted by Gasteiger charge is 2.29. The van der Waals surface area contributed by atoms with Crippen LogP contribution in [0.1, 0.15) is 30.9 Å². The second-order valence-corrected chi connectivity index (χ2v) is 4.77. The quantitative estimate of drug-likeness (QED) is 0.927. The zero-order chi connectivity index (χ0) is 12.3. The Morgan fingerprint density at radius 2 is 1.83 bits per heavy atom. The zero-order valence-electron chi connectivity index (χ0n) is 10.0. The molecular weight excluding hydrogens is 273 g/mol. The maximum atomic E-state index is 11.5. The van der Waals surface area contributed by atoms with Crippen molar-refractivity contribution in [3.63, 3.8) is 0 Å². The number of carboxylic acids is 1. The lowest BCUT2D eigenvalue weighted by atomic mass is 10.0. The van der Waals surface area contributed by atoms with E-state index in [2.05, 4.69) is 0 Å². The van der Waals surface area contributed by atoms with E-state index in [0.717, 1.165) is 25.9 Å². The van der Waals surface area contributed by atoms with Crippen LogP contribution in [-0.2, 0) is 4.79 Å². The number of halogens is 2. The van der Waals surface area contributed by atoms with Gasteiger partial charge in [-0.15, -0.1) is 12.4 Å². The van der Waals surface area contributed by atoms with Crippen LogP contribution < -0.4 is 0 Å². The monoisotopic (exact) mass is 289 g/mol. The van der Waals surface area contributed by atoms with Crippen molar-refractivity contribution in [1.82, 2.24) is 4.90 Å². The SMILES string of the molecule is Cl.O=C(O)C(c1ccccc1Cl)N1CCCCC1. The summed E-state index contributed by atoms with van der Waals surface area (Å²) in [5, 5.41) is 9.94. The Kier molecular flexibility index (Phi) is 5.93. The van der Waals surface area contributed by atoms with Gasteiger partial charge in [0.1, 0.15) is 6.04 Å². The van der Waals surface area contributed by atoms with E-state index >= 15 is 0 Å². The van der Waals surface area contributed by atoms with E-state index in [1.807, 2.05) is 17.0 Å². The van der Waals surface area contributed by atoms with E-state index in [-0.39, 0.29) is 12.4 Å². The molecule has 1 atom stereocenters. The van der Waals surface area contributed by atoms with Gasteiger partial charge in [-0.25, -0.2) is 0 Å². The summed E-state index contributed by atoms with van der Waals surface area (Å²) in [6, 6.07) is 6.60. The Morgan fingerprint density at radius 3 is 2.39 bits per heavy atom. The summed E-state index contributed by atoms with van der Waals surface area (Å²) in [6.45, 7) is 1.67. The first kappa shape index (κ1) is 15.3. The van der Waals surface area contributed by atoms with Crippen LogP contribution in [0.3, 0.4) is 0 Å². The predicted octanol–water partition coefficient (Wildman–Crippen LogP) is 3.37. The van der Waals surface area contributed by atoms with Crippen LogP contribution in [0, 0.1) is 0 Å². The van der Waals surface area contributed by atoms with Crippen LogP contribution in [-0.4, -0.2) is 29.1 Å². The molecule has 1 heterocycles. The summed E-state index contributed by atoms with van der Waals surface area (Å²) in [5.74, 6) is -0.819. The van der Waals surface area contributed by atoms with Gasteiger partial charge in [-0.1, -0.05) is 36.2 Å². The fourth-order valence-electron chi connectivity index (χ4n) is 2.36. The number of likely N-dealkylation sites (tertiary alicyclic amines) is 1. The molecule has 0 bridgehead atoms. The number of carbonyl (C=O) groups is 1. The second-order valence-electron chi connectivity index (χ2n) is 4.36. The molecule has 0 aromatic heterocycles. The van der Waals surface area contributed by atoms with E-state index < -0.39 is 12.0 Å². The topological polar surface area (TPSA) is 40.5 Å². The number of rotatable bonds is 3. The predicted molar refractivity (Wildman–Crippen MR) is 74.5 cm³/mol. The van der Waals surface area contributed by atoms with Crippen LogP contribution in [0.2, 0.25) is 5.02 Å². The Labute approximate surface area is 118 Å². The number of nitrogens with zero attached hydrogens (tertiary/aromatic N) is 1. The van der Waals surface area contributed by atoms with Crippen molar-refractivity contribution in [1.29, 1.82) is 0 Å². The number of hydrogen-bond donors (Lipinski definition) is 1. The van der Waals surface area contributed by atoms with Gasteiger partial charge in [0.05, 0.1) is 0 Å². The van der Waals surface area contributed by atoms with Crippen LogP contribution >= 0.6 is 24.0 Å². The average molecular weight is 290 g/mol. The first-order valence-corrected chi connectivity index (χ1v) is 6.29. The van der Waals surface area contributed by atoms with E-state index in [9.17, 15) is 9.90 Å². The molecule has 1 fully saturated rings. The summed E-state index contributed by atoms with van der Waals surface area (Å²) in [5.41, 5.74) is 0.698. The van der Waals surface area contributed by atoms with Gasteiger partial charge in [0.2, 0.25) is 0 Å². The van der Waals surface area contributed by atoms with Crippen LogP contribution in [0.4, 0.5) is 0 Å². The molecule has 100 valence electrons. The van der Waals surface area contributed by atoms with Gasteiger partial charge >= 0.3 is 5.97 Å². The number of carboxylic acid groups (broad SMARTS) is 1. The van der Waals surface area contributed by atoms with Gasteiger partial charge in [-0.3, -0.25) is 9.69 Å². The van der Waals surface area contributed by atoms with Gasteiger partial charge in [0, 0.05) is 5.02 Å². The van der Waals surface area contributed by atoms with Crippen molar-refractivity contribution in [2.24, 2.45) is 0 Å². The summed E-state index contributed by atoms with van der Waals surface area (Å²) in [7, 11) is 0. The third-order valence-electron chi connectivity index (χ3n) is 3.19. The maximum Gasteiger partial charge on any atom is 0.325 e. The molecule has 1 aromatic carbocycles. The smallest absolute Gasteiger partial charge is 0.325 e. The molecule has 1 unspecified atom stereocenters. The minimum Gasteiger partial charge on any atom is -0.480 e. The number of hydrogen-bond acceptors (Lipinski definition) is 2. The van der Waals surface area contributed by atoms with Gasteiger partial charge in [0.25, 0.3) is 0 Å². The first-order chi connectivity index (χ1) is 8.20. The van der Waals surface area contributed by atoms with Gasteiger partial charge in [-0.05, 0) is 37.6 Å². The number of aliphatic carboxylic acids is 1. The molecule has 18 heavy (non-hydrogen) atoms. The lowest BCUT2D eigenvalue weighted by Crippen LogP contribution is -2.38. The average Bonchev–Trinajstić information content (AvgIpc) is 2.33. The minimum atomic E-state index is -0.819. The third-order valence-corrected chi connectivity index (χ3v) is 3.53. The molecule has 0 aliphatic carbocycles. The third kappa shape index (κ3) is 3.37. The van der Waals surface area contributed by atoms with Gasteiger partial charge < -0.3 is 5.11 Å².